The Hall–Kier alpha value is -12.0. The molecule has 99 heavy (non-hydrogen) atoms. The Morgan fingerprint density at radius 1 is 0.333 bits per heavy atom. The van der Waals surface area contributed by atoms with E-state index < -0.39 is 47.8 Å². The number of aromatic nitrogens is 8. The average Bonchev–Trinajstić information content (AvgIpc) is 1.33. The number of carbonyl (C=O) groups is 11. The second-order valence-electron chi connectivity index (χ2n) is 21.2. The number of nitrogens with zero attached hydrogens (tertiary/aromatic N) is 8. The minimum absolute atomic E-state index is 0.00630. The molecule has 0 aliphatic carbocycles. The van der Waals surface area contributed by atoms with Crippen LogP contribution >= 0.6 is 0 Å². The van der Waals surface area contributed by atoms with E-state index in [1.54, 1.807) is 118 Å². The number of carboxylic acids is 8. The molecule has 0 fully saturated rings. The predicted octanol–water partition coefficient (Wildman–Crippen LogP) is 10.7. The molecule has 0 saturated carbocycles. The van der Waals surface area contributed by atoms with Crippen LogP contribution in [0.4, 0.5) is 0 Å². The third-order valence-electron chi connectivity index (χ3n) is 12.9. The number of hydrogen-bond acceptors (Lipinski definition) is 19. The number of carbonyl (C=O) groups excluding carboxylic acids is 3. The standard InChI is InChI=1S/3C9H9NO3.5C9H11NO2/c11-8(1-2-9(12)13)7-3-5-10-6-4-7;11-8(3-4-9(12)13)7-2-1-5-10-6-7;11-8(4-5-9(12)13)7-3-1-2-6-10-7;1-7(9(11)12)6-8-2-4-10-5-3-8;1-7(5-9(11)12)8-3-2-4-10-6-8;1-7(9(11)12)5-8-3-2-4-10-6-8;11-9(12)6-3-5-8-4-1-2-7-10-8;11-9(12)3-1-2-8-4-6-10-7-5-8/h3-6H,1-2H2,(H,12,13);1-2,5-6H,3-4H2,(H,12,13);1-3,6H,4-5H2,(H,12,13);2-5,7H,6H2,1H3,(H,11,12);2*2-4,6-7H,5H2,1H3,(H,11,12);1-2,4,7H,3,5-6H2,(H,11,12);4-7H,1-3H2,(H,11,12). The first-order valence-electron chi connectivity index (χ1n) is 30.8. The van der Waals surface area contributed by atoms with Gasteiger partial charge in [0.15, 0.2) is 17.3 Å². The van der Waals surface area contributed by atoms with Gasteiger partial charge in [-0.05, 0) is 152 Å². The molecule has 0 spiro atoms. The summed E-state index contributed by atoms with van der Waals surface area (Å²) < 4.78 is 0. The molecule has 27 nitrogen and oxygen atoms in total. The van der Waals surface area contributed by atoms with Crippen LogP contribution in [0.25, 0.3) is 0 Å². The van der Waals surface area contributed by atoms with Gasteiger partial charge in [0, 0.05) is 136 Å². The molecule has 27 heteroatoms. The Balaban J connectivity index is 0.000000566. The zero-order chi connectivity index (χ0) is 73.6. The molecule has 8 rings (SSSR count). The molecule has 3 atom stereocenters. The lowest BCUT2D eigenvalue weighted by atomic mass is 10.0. The second-order valence-corrected chi connectivity index (χ2v) is 21.2. The van der Waals surface area contributed by atoms with Gasteiger partial charge < -0.3 is 40.9 Å². The molecular weight excluding hydrogens is 1280 g/mol. The van der Waals surface area contributed by atoms with Gasteiger partial charge in [-0.15, -0.1) is 0 Å². The fourth-order valence-corrected chi connectivity index (χ4v) is 7.60. The first-order valence-corrected chi connectivity index (χ1v) is 30.8. The average molecular weight is 1360 g/mol. The van der Waals surface area contributed by atoms with E-state index in [9.17, 15) is 52.7 Å². The van der Waals surface area contributed by atoms with E-state index in [0.717, 1.165) is 40.8 Å². The van der Waals surface area contributed by atoms with Crippen molar-refractivity contribution in [2.75, 3.05) is 0 Å². The zero-order valence-electron chi connectivity index (χ0n) is 55.0. The van der Waals surface area contributed by atoms with Crippen molar-refractivity contribution in [3.05, 3.63) is 241 Å². The van der Waals surface area contributed by atoms with Crippen LogP contribution in [0.5, 0.6) is 0 Å². The largest absolute Gasteiger partial charge is 0.481 e. The van der Waals surface area contributed by atoms with Crippen molar-refractivity contribution >= 4 is 65.1 Å². The van der Waals surface area contributed by atoms with E-state index in [1.807, 2.05) is 73.7 Å². The van der Waals surface area contributed by atoms with Gasteiger partial charge in [-0.3, -0.25) is 92.6 Å². The molecule has 8 heterocycles. The molecule has 0 aliphatic rings. The molecule has 0 aliphatic heterocycles. The number of rotatable bonds is 29. The number of pyridine rings is 8. The van der Waals surface area contributed by atoms with E-state index in [1.165, 1.54) is 24.8 Å². The zero-order valence-corrected chi connectivity index (χ0v) is 55.0. The first kappa shape index (κ1) is 85.0. The van der Waals surface area contributed by atoms with Crippen LogP contribution < -0.4 is 0 Å². The van der Waals surface area contributed by atoms with Crippen molar-refractivity contribution in [3.8, 4) is 0 Å². The van der Waals surface area contributed by atoms with Gasteiger partial charge in [-0.2, -0.15) is 0 Å². The Morgan fingerprint density at radius 3 is 1.19 bits per heavy atom. The SMILES string of the molecule is CC(CC(=O)O)c1cccnc1.CC(Cc1cccnc1)C(=O)O.CC(Cc1ccncc1)C(=O)O.O=C(O)CCC(=O)c1ccccn1.O=C(O)CCC(=O)c1cccnc1.O=C(O)CCC(=O)c1ccncc1.O=C(O)CCCc1ccccn1.O=C(O)CCCc1ccncc1. The van der Waals surface area contributed by atoms with Gasteiger partial charge in [-0.25, -0.2) is 0 Å². The van der Waals surface area contributed by atoms with Crippen LogP contribution in [0.15, 0.2) is 196 Å². The Morgan fingerprint density at radius 2 is 0.768 bits per heavy atom. The molecule has 8 N–H and O–H groups in total. The minimum atomic E-state index is -0.968. The van der Waals surface area contributed by atoms with Crippen LogP contribution in [0.2, 0.25) is 0 Å². The van der Waals surface area contributed by atoms with Crippen LogP contribution in [0.3, 0.4) is 0 Å². The lowest BCUT2D eigenvalue weighted by molar-refractivity contribution is -0.142. The third-order valence-corrected chi connectivity index (χ3v) is 12.9. The van der Waals surface area contributed by atoms with Crippen molar-refractivity contribution in [2.24, 2.45) is 11.8 Å². The van der Waals surface area contributed by atoms with Crippen molar-refractivity contribution < 1.29 is 93.6 Å². The summed E-state index contributed by atoms with van der Waals surface area (Å²) in [6, 6.07) is 31.9. The topological polar surface area (TPSA) is 453 Å². The summed E-state index contributed by atoms with van der Waals surface area (Å²) in [6.45, 7) is 5.27. The molecule has 0 aromatic carbocycles. The molecular formula is C72H82N8O19. The third kappa shape index (κ3) is 45.9. The van der Waals surface area contributed by atoms with E-state index in [-0.39, 0.29) is 92.9 Å². The van der Waals surface area contributed by atoms with Crippen molar-refractivity contribution in [1.29, 1.82) is 0 Å². The number of Topliss-reactive ketones (excluding diaryl/α,β-unsaturated/α-hetero) is 3. The summed E-state index contributed by atoms with van der Waals surface area (Å²) in [7, 11) is 0. The molecule has 524 valence electrons. The minimum Gasteiger partial charge on any atom is -0.481 e. The predicted molar refractivity (Wildman–Crippen MR) is 360 cm³/mol. The van der Waals surface area contributed by atoms with Crippen molar-refractivity contribution in [3.63, 3.8) is 0 Å². The van der Waals surface area contributed by atoms with Crippen LogP contribution in [-0.2, 0) is 64.0 Å². The maximum Gasteiger partial charge on any atom is 0.306 e. The first-order chi connectivity index (χ1) is 47.3. The fourth-order valence-electron chi connectivity index (χ4n) is 7.60. The molecule has 0 saturated heterocycles. The van der Waals surface area contributed by atoms with Gasteiger partial charge in [0.05, 0.1) is 37.5 Å². The Kier molecular flexibility index (Phi) is 44.9. The number of aryl methyl sites for hydroxylation is 2. The lowest BCUT2D eigenvalue weighted by Crippen LogP contribution is -2.12. The van der Waals surface area contributed by atoms with Gasteiger partial charge >= 0.3 is 47.8 Å². The van der Waals surface area contributed by atoms with Crippen molar-refractivity contribution in [2.45, 2.75) is 123 Å². The number of aliphatic carboxylic acids is 8. The highest BCUT2D eigenvalue weighted by Crippen LogP contribution is 2.17. The maximum absolute atomic E-state index is 11.3. The summed E-state index contributed by atoms with van der Waals surface area (Å²) in [5, 5.41) is 67.5. The summed E-state index contributed by atoms with van der Waals surface area (Å²) in [5.74, 6) is -7.86. The molecule has 0 radical (unpaired) electrons. The van der Waals surface area contributed by atoms with E-state index >= 15 is 0 Å². The van der Waals surface area contributed by atoms with E-state index in [4.69, 9.17) is 40.9 Å². The molecule has 8 aromatic heterocycles. The number of carboxylic acid groups (broad SMARTS) is 8. The van der Waals surface area contributed by atoms with Crippen LogP contribution in [0, 0.1) is 11.8 Å². The van der Waals surface area contributed by atoms with Gasteiger partial charge in [0.1, 0.15) is 5.69 Å². The molecule has 8 aromatic rings. The summed E-state index contributed by atoms with van der Waals surface area (Å²) in [4.78, 5) is 147. The van der Waals surface area contributed by atoms with Crippen LogP contribution in [-0.4, -0.2) is 146 Å². The lowest BCUT2D eigenvalue weighted by Gasteiger charge is -2.06. The normalized spacial score (nSPS) is 10.6. The second kappa shape index (κ2) is 52.3. The molecule has 0 amide bonds. The molecule has 0 bridgehead atoms. The molecule has 3 unspecified atom stereocenters. The summed E-state index contributed by atoms with van der Waals surface area (Å²) >= 11 is 0. The summed E-state index contributed by atoms with van der Waals surface area (Å²) in [5.41, 5.74) is 6.35. The van der Waals surface area contributed by atoms with Crippen LogP contribution in [0.1, 0.15) is 156 Å². The number of ketones is 3. The monoisotopic (exact) mass is 1360 g/mol. The van der Waals surface area contributed by atoms with E-state index in [0.29, 0.717) is 42.5 Å². The quantitative estimate of drug-likeness (QED) is 0.0202. The van der Waals surface area contributed by atoms with Gasteiger partial charge in [-0.1, -0.05) is 45.0 Å². The van der Waals surface area contributed by atoms with E-state index in [2.05, 4.69) is 39.9 Å². The highest BCUT2D eigenvalue weighted by Gasteiger charge is 2.14. The number of hydrogen-bond donors (Lipinski definition) is 8. The fraction of sp³-hybridized carbons (Fsp3) is 0.292. The smallest absolute Gasteiger partial charge is 0.306 e. The highest BCUT2D eigenvalue weighted by atomic mass is 16.4. The Bertz CT molecular complexity index is 3360. The van der Waals surface area contributed by atoms with Gasteiger partial charge in [0.25, 0.3) is 0 Å². The summed E-state index contributed by atoms with van der Waals surface area (Å²) in [6.07, 6.45) is 27.1. The Labute approximate surface area is 571 Å². The van der Waals surface area contributed by atoms with Crippen molar-refractivity contribution in [1.82, 2.24) is 39.9 Å². The highest BCUT2D eigenvalue weighted by molar-refractivity contribution is 5.98. The van der Waals surface area contributed by atoms with Gasteiger partial charge in [0.2, 0.25) is 0 Å². The maximum atomic E-state index is 11.3.